The largest absolute Gasteiger partial charge is 0.361 e. The number of amides is 1. The van der Waals surface area contributed by atoms with E-state index in [1.54, 1.807) is 11.8 Å². The Bertz CT molecular complexity index is 943. The van der Waals surface area contributed by atoms with E-state index < -0.39 is 0 Å². The second kappa shape index (κ2) is 9.62. The quantitative estimate of drug-likeness (QED) is 0.373. The Hall–Kier alpha value is -1.71. The van der Waals surface area contributed by atoms with Gasteiger partial charge in [-0.25, -0.2) is 6.57 Å². The molecule has 1 saturated carbocycles. The number of rotatable bonds is 7. The molecule has 0 aromatic heterocycles. The highest BCUT2D eigenvalue weighted by molar-refractivity contribution is 7.99. The molecule has 1 heterocycles. The van der Waals surface area contributed by atoms with Gasteiger partial charge in [-0.1, -0.05) is 59.2 Å². The average molecular weight is 461 g/mol. The molecule has 1 saturated heterocycles. The third kappa shape index (κ3) is 4.78. The van der Waals surface area contributed by atoms with E-state index in [2.05, 4.69) is 4.85 Å². The first-order valence-corrected chi connectivity index (χ1v) is 11.8. The Morgan fingerprint density at radius 2 is 1.90 bits per heavy atom. The van der Waals surface area contributed by atoms with Gasteiger partial charge in [0.2, 0.25) is 5.91 Å². The molecule has 156 valence electrons. The van der Waals surface area contributed by atoms with Crippen molar-refractivity contribution in [2.24, 2.45) is 5.92 Å². The van der Waals surface area contributed by atoms with Crippen molar-refractivity contribution >= 4 is 40.9 Å². The predicted molar refractivity (Wildman–Crippen MR) is 122 cm³/mol. The maximum Gasteiger partial charge on any atom is 0.260 e. The van der Waals surface area contributed by atoms with Crippen LogP contribution in [-0.2, 0) is 9.53 Å². The molecule has 4 rings (SSSR count). The highest BCUT2D eigenvalue weighted by Gasteiger charge is 2.46. The summed E-state index contributed by atoms with van der Waals surface area (Å²) in [6, 6.07) is 15.1. The fraction of sp³-hybridized carbons (Fsp3) is 0.391. The number of hydrogen-bond acceptors (Lipinski definition) is 3. The van der Waals surface area contributed by atoms with Crippen molar-refractivity contribution in [3.8, 4) is 0 Å². The van der Waals surface area contributed by atoms with Crippen LogP contribution in [0.25, 0.3) is 4.85 Å². The Morgan fingerprint density at radius 3 is 2.57 bits per heavy atom. The van der Waals surface area contributed by atoms with E-state index in [1.165, 1.54) is 0 Å². The normalized spacial score (nSPS) is 22.6. The van der Waals surface area contributed by atoms with Gasteiger partial charge in [0.25, 0.3) is 5.88 Å². The lowest BCUT2D eigenvalue weighted by Gasteiger charge is -2.45. The van der Waals surface area contributed by atoms with Gasteiger partial charge in [0.1, 0.15) is 12.7 Å². The molecule has 4 nitrogen and oxygen atoms in total. The monoisotopic (exact) mass is 460 g/mol. The minimum Gasteiger partial charge on any atom is -0.361 e. The summed E-state index contributed by atoms with van der Waals surface area (Å²) >= 11 is 14.0. The van der Waals surface area contributed by atoms with Gasteiger partial charge < -0.3 is 14.5 Å². The molecule has 0 N–H and O–H groups in total. The van der Waals surface area contributed by atoms with E-state index in [0.29, 0.717) is 21.8 Å². The smallest absolute Gasteiger partial charge is 0.260 e. The molecule has 7 heteroatoms. The van der Waals surface area contributed by atoms with Crippen molar-refractivity contribution in [1.29, 1.82) is 0 Å². The fourth-order valence-electron chi connectivity index (χ4n) is 4.12. The highest BCUT2D eigenvalue weighted by Crippen LogP contribution is 2.46. The zero-order valence-electron chi connectivity index (χ0n) is 16.3. The maximum atomic E-state index is 13.2. The van der Waals surface area contributed by atoms with Crippen molar-refractivity contribution in [2.45, 2.75) is 31.0 Å². The zero-order chi connectivity index (χ0) is 21.1. The summed E-state index contributed by atoms with van der Waals surface area (Å²) in [5.41, 5.74) is 1.93. The Balaban J connectivity index is 1.75. The average Bonchev–Trinajstić information content (AvgIpc) is 3.57. The number of ether oxygens (including phenoxy) is 1. The summed E-state index contributed by atoms with van der Waals surface area (Å²) in [7, 11) is 0. The van der Waals surface area contributed by atoms with E-state index in [4.69, 9.17) is 34.5 Å². The van der Waals surface area contributed by atoms with E-state index in [-0.39, 0.29) is 30.7 Å². The SMILES string of the molecule is [C-]#[N+]CSC[C@H](C1CC1)N1C(=O)CO[C@H](c2cccc(Cl)c2)[C@H]1c1ccc(Cl)cc1. The van der Waals surface area contributed by atoms with E-state index >= 15 is 0 Å². The number of thioether (sulfide) groups is 1. The third-order valence-corrected chi connectivity index (χ3v) is 6.99. The van der Waals surface area contributed by atoms with E-state index in [0.717, 1.165) is 29.7 Å². The van der Waals surface area contributed by atoms with Gasteiger partial charge in [-0.3, -0.25) is 4.79 Å². The summed E-state index contributed by atoms with van der Waals surface area (Å²) in [5.74, 6) is 1.63. The molecule has 1 aliphatic heterocycles. The molecule has 2 aromatic carbocycles. The number of benzene rings is 2. The number of morpholine rings is 1. The second-order valence-electron chi connectivity index (χ2n) is 7.65. The lowest BCUT2D eigenvalue weighted by Crippen LogP contribution is -2.52. The number of nitrogens with zero attached hydrogens (tertiary/aromatic N) is 2. The highest BCUT2D eigenvalue weighted by atomic mass is 35.5. The molecular formula is C23H22Cl2N2O2S. The molecule has 2 fully saturated rings. The van der Waals surface area contributed by atoms with Gasteiger partial charge in [-0.15, -0.1) is 0 Å². The Labute approximate surface area is 191 Å². The van der Waals surface area contributed by atoms with Crippen molar-refractivity contribution in [3.63, 3.8) is 0 Å². The summed E-state index contributed by atoms with van der Waals surface area (Å²) < 4.78 is 6.10. The first-order chi connectivity index (χ1) is 14.6. The van der Waals surface area contributed by atoms with Crippen LogP contribution >= 0.6 is 35.0 Å². The molecular weight excluding hydrogens is 439 g/mol. The van der Waals surface area contributed by atoms with Crippen LogP contribution in [0.1, 0.15) is 36.1 Å². The van der Waals surface area contributed by atoms with Crippen LogP contribution in [0.15, 0.2) is 48.5 Å². The van der Waals surface area contributed by atoms with Crippen LogP contribution in [0.2, 0.25) is 10.0 Å². The number of carbonyl (C=O) groups excluding carboxylic acids is 1. The molecule has 2 aliphatic rings. The molecule has 1 amide bonds. The number of carbonyl (C=O) groups is 1. The Kier molecular flexibility index (Phi) is 6.90. The predicted octanol–water partition coefficient (Wildman–Crippen LogP) is 6.02. The molecule has 2 aromatic rings. The molecule has 1 aliphatic carbocycles. The minimum atomic E-state index is -0.324. The van der Waals surface area contributed by atoms with E-state index in [1.807, 2.05) is 53.4 Å². The van der Waals surface area contributed by atoms with Crippen LogP contribution in [0, 0.1) is 12.5 Å². The van der Waals surface area contributed by atoms with Gasteiger partial charge in [0, 0.05) is 21.8 Å². The summed E-state index contributed by atoms with van der Waals surface area (Å²) in [5, 5.41) is 1.29. The number of halogens is 2. The van der Waals surface area contributed by atoms with Crippen LogP contribution < -0.4 is 0 Å². The minimum absolute atomic E-state index is 0.00598. The van der Waals surface area contributed by atoms with Gasteiger partial charge in [-0.2, -0.15) is 0 Å². The number of hydrogen-bond donors (Lipinski definition) is 0. The molecule has 0 radical (unpaired) electrons. The third-order valence-electron chi connectivity index (χ3n) is 5.62. The molecule has 0 unspecified atom stereocenters. The Morgan fingerprint density at radius 1 is 1.13 bits per heavy atom. The summed E-state index contributed by atoms with van der Waals surface area (Å²) in [6.45, 7) is 7.13. The molecule has 0 spiro atoms. The lowest BCUT2D eigenvalue weighted by atomic mass is 9.91. The van der Waals surface area contributed by atoms with Crippen LogP contribution in [-0.4, -0.2) is 35.1 Å². The zero-order valence-corrected chi connectivity index (χ0v) is 18.7. The first kappa shape index (κ1) is 21.5. The van der Waals surface area contributed by atoms with Gasteiger partial charge in [0.05, 0.1) is 6.04 Å². The van der Waals surface area contributed by atoms with Gasteiger partial charge in [-0.05, 0) is 54.2 Å². The maximum absolute atomic E-state index is 13.2. The lowest BCUT2D eigenvalue weighted by molar-refractivity contribution is -0.163. The van der Waals surface area contributed by atoms with Crippen LogP contribution in [0.4, 0.5) is 0 Å². The van der Waals surface area contributed by atoms with E-state index in [9.17, 15) is 4.79 Å². The van der Waals surface area contributed by atoms with Gasteiger partial charge >= 0.3 is 0 Å². The van der Waals surface area contributed by atoms with Crippen molar-refractivity contribution in [3.05, 3.63) is 81.1 Å². The van der Waals surface area contributed by atoms with Crippen molar-refractivity contribution in [1.82, 2.24) is 4.90 Å². The van der Waals surface area contributed by atoms with Crippen LogP contribution in [0.5, 0.6) is 0 Å². The van der Waals surface area contributed by atoms with Crippen molar-refractivity contribution in [2.75, 3.05) is 18.2 Å². The second-order valence-corrected chi connectivity index (χ2v) is 9.52. The molecule has 30 heavy (non-hydrogen) atoms. The van der Waals surface area contributed by atoms with Crippen LogP contribution in [0.3, 0.4) is 0 Å². The standard InChI is InChI=1S/C23H22Cl2N2O2S/c1-26-14-30-13-20(15-5-6-15)27-21(28)12-29-23(17-3-2-4-19(25)11-17)22(27)16-7-9-18(24)10-8-16/h2-4,7-11,15,20,22-23H,5-6,12-14H2/t20-,22-,23-/m1/s1. The first-order valence-electron chi connectivity index (χ1n) is 9.93. The molecule has 3 atom stereocenters. The van der Waals surface area contributed by atoms with Gasteiger partial charge in [0.15, 0.2) is 0 Å². The molecule has 0 bridgehead atoms. The van der Waals surface area contributed by atoms with Crippen molar-refractivity contribution < 1.29 is 9.53 Å². The topological polar surface area (TPSA) is 33.9 Å². The fourth-order valence-corrected chi connectivity index (χ4v) is 5.32. The summed E-state index contributed by atoms with van der Waals surface area (Å²) in [4.78, 5) is 18.7. The summed E-state index contributed by atoms with van der Waals surface area (Å²) in [6.07, 6.45) is 1.90.